The van der Waals surface area contributed by atoms with Crippen LogP contribution in [-0.4, -0.2) is 12.1 Å². The van der Waals surface area contributed by atoms with E-state index in [2.05, 4.69) is 0 Å². The van der Waals surface area contributed by atoms with Crippen LogP contribution in [0.1, 0.15) is 45.4 Å². The monoisotopic (exact) mass is 195 g/mol. The summed E-state index contributed by atoms with van der Waals surface area (Å²) in [4.78, 5) is 11.4. The van der Waals surface area contributed by atoms with E-state index < -0.39 is 5.92 Å². The minimum absolute atomic E-state index is 0.0682. The fourth-order valence-electron chi connectivity index (χ4n) is 1.74. The fraction of sp³-hybridized carbons (Fsp3) is 0.818. The molecular weight excluding hydrogens is 178 g/mol. The number of carbonyl (C=O) groups excluding carboxylic acids is 1. The number of esters is 1. The Morgan fingerprint density at radius 3 is 2.64 bits per heavy atom. The second kappa shape index (κ2) is 5.64. The quantitative estimate of drug-likeness (QED) is 0.650. The molecule has 3 nitrogen and oxygen atoms in total. The summed E-state index contributed by atoms with van der Waals surface area (Å²) in [7, 11) is 0. The molecule has 0 spiro atoms. The molecular formula is C11H17NO2. The highest BCUT2D eigenvalue weighted by Gasteiger charge is 2.22. The number of nitrogens with zero attached hydrogens (tertiary/aromatic N) is 1. The fourth-order valence-corrected chi connectivity index (χ4v) is 1.74. The summed E-state index contributed by atoms with van der Waals surface area (Å²) in [6.07, 6.45) is 6.06. The van der Waals surface area contributed by atoms with Crippen LogP contribution in [-0.2, 0) is 9.53 Å². The minimum atomic E-state index is -0.572. The molecule has 14 heavy (non-hydrogen) atoms. The highest BCUT2D eigenvalue weighted by molar-refractivity contribution is 5.75. The molecule has 0 aromatic carbocycles. The van der Waals surface area contributed by atoms with E-state index in [4.69, 9.17) is 10.00 Å². The van der Waals surface area contributed by atoms with Gasteiger partial charge in [0.15, 0.2) is 0 Å². The van der Waals surface area contributed by atoms with Gasteiger partial charge in [-0.3, -0.25) is 4.79 Å². The van der Waals surface area contributed by atoms with Gasteiger partial charge in [0.2, 0.25) is 0 Å². The molecule has 1 unspecified atom stereocenters. The van der Waals surface area contributed by atoms with E-state index in [-0.39, 0.29) is 12.1 Å². The number of ether oxygens (including phenoxy) is 1. The molecule has 1 atom stereocenters. The van der Waals surface area contributed by atoms with Crippen LogP contribution < -0.4 is 0 Å². The summed E-state index contributed by atoms with van der Waals surface area (Å²) >= 11 is 0. The summed E-state index contributed by atoms with van der Waals surface area (Å²) in [5.74, 6) is -0.904. The van der Waals surface area contributed by atoms with Crippen LogP contribution in [0.15, 0.2) is 0 Å². The second-order valence-electron chi connectivity index (χ2n) is 3.79. The van der Waals surface area contributed by atoms with E-state index in [1.54, 1.807) is 0 Å². The summed E-state index contributed by atoms with van der Waals surface area (Å²) < 4.78 is 5.27. The minimum Gasteiger partial charge on any atom is -0.461 e. The van der Waals surface area contributed by atoms with E-state index in [1.165, 1.54) is 6.42 Å². The third kappa shape index (κ3) is 3.02. The maximum absolute atomic E-state index is 11.4. The number of hydrogen-bond acceptors (Lipinski definition) is 3. The molecule has 0 aliphatic heterocycles. The summed E-state index contributed by atoms with van der Waals surface area (Å²) in [5, 5.41) is 8.68. The van der Waals surface area contributed by atoms with Gasteiger partial charge in [-0.25, -0.2) is 0 Å². The van der Waals surface area contributed by atoms with E-state index in [0.717, 1.165) is 25.7 Å². The van der Waals surface area contributed by atoms with Gasteiger partial charge in [0, 0.05) is 0 Å². The molecule has 3 heteroatoms. The lowest BCUT2D eigenvalue weighted by molar-refractivity contribution is -0.153. The first-order valence-electron chi connectivity index (χ1n) is 5.38. The highest BCUT2D eigenvalue weighted by Crippen LogP contribution is 2.21. The SMILES string of the molecule is CCC(C#N)C(=O)OC1CCCCC1. The standard InChI is InChI=1S/C11H17NO2/c1-2-9(8-12)11(13)14-10-6-4-3-5-7-10/h9-10H,2-7H2,1H3. The lowest BCUT2D eigenvalue weighted by atomic mass is 9.97. The maximum Gasteiger partial charge on any atom is 0.323 e. The number of rotatable bonds is 3. The predicted octanol–water partition coefficient (Wildman–Crippen LogP) is 2.41. The third-order valence-corrected chi connectivity index (χ3v) is 2.68. The Labute approximate surface area is 85.1 Å². The Morgan fingerprint density at radius 2 is 2.14 bits per heavy atom. The molecule has 0 saturated heterocycles. The van der Waals surface area contributed by atoms with Gasteiger partial charge >= 0.3 is 5.97 Å². The van der Waals surface area contributed by atoms with Crippen molar-refractivity contribution in [2.45, 2.75) is 51.6 Å². The number of nitriles is 1. The van der Waals surface area contributed by atoms with Gasteiger partial charge < -0.3 is 4.74 Å². The smallest absolute Gasteiger partial charge is 0.323 e. The zero-order valence-electron chi connectivity index (χ0n) is 8.66. The van der Waals surface area contributed by atoms with Crippen LogP contribution >= 0.6 is 0 Å². The number of carbonyl (C=O) groups is 1. The van der Waals surface area contributed by atoms with Crippen molar-refractivity contribution >= 4 is 5.97 Å². The zero-order chi connectivity index (χ0) is 10.4. The van der Waals surface area contributed by atoms with E-state index in [9.17, 15) is 4.79 Å². The van der Waals surface area contributed by atoms with Crippen LogP contribution in [0.5, 0.6) is 0 Å². The number of hydrogen-bond donors (Lipinski definition) is 0. The van der Waals surface area contributed by atoms with Crippen LogP contribution in [0.3, 0.4) is 0 Å². The third-order valence-electron chi connectivity index (χ3n) is 2.68. The van der Waals surface area contributed by atoms with E-state index in [0.29, 0.717) is 6.42 Å². The van der Waals surface area contributed by atoms with Crippen molar-refractivity contribution in [2.75, 3.05) is 0 Å². The summed E-state index contributed by atoms with van der Waals surface area (Å²) in [6, 6.07) is 1.97. The Bertz CT molecular complexity index is 226. The van der Waals surface area contributed by atoms with E-state index >= 15 is 0 Å². The lowest BCUT2D eigenvalue weighted by Gasteiger charge is -2.22. The zero-order valence-corrected chi connectivity index (χ0v) is 8.66. The molecule has 1 aliphatic carbocycles. The Morgan fingerprint density at radius 1 is 1.50 bits per heavy atom. The lowest BCUT2D eigenvalue weighted by Crippen LogP contribution is -2.25. The largest absolute Gasteiger partial charge is 0.461 e. The molecule has 0 heterocycles. The van der Waals surface area contributed by atoms with Gasteiger partial charge in [0.25, 0.3) is 0 Å². The van der Waals surface area contributed by atoms with Crippen molar-refractivity contribution in [3.8, 4) is 6.07 Å². The van der Waals surface area contributed by atoms with Crippen LogP contribution in [0.2, 0.25) is 0 Å². The van der Waals surface area contributed by atoms with Crippen LogP contribution in [0.25, 0.3) is 0 Å². The molecule has 0 aromatic heterocycles. The van der Waals surface area contributed by atoms with Gasteiger partial charge in [-0.1, -0.05) is 13.3 Å². The van der Waals surface area contributed by atoms with Gasteiger partial charge in [-0.15, -0.1) is 0 Å². The topological polar surface area (TPSA) is 50.1 Å². The Kier molecular flexibility index (Phi) is 4.45. The van der Waals surface area contributed by atoms with Gasteiger partial charge in [-0.05, 0) is 32.1 Å². The van der Waals surface area contributed by atoms with Crippen molar-refractivity contribution in [1.82, 2.24) is 0 Å². The highest BCUT2D eigenvalue weighted by atomic mass is 16.5. The first kappa shape index (κ1) is 11.0. The average molecular weight is 195 g/mol. The molecule has 0 N–H and O–H groups in total. The van der Waals surface area contributed by atoms with Crippen molar-refractivity contribution in [2.24, 2.45) is 5.92 Å². The van der Waals surface area contributed by atoms with Crippen molar-refractivity contribution in [1.29, 1.82) is 5.26 Å². The van der Waals surface area contributed by atoms with Crippen LogP contribution in [0, 0.1) is 17.2 Å². The molecule has 0 amide bonds. The van der Waals surface area contributed by atoms with E-state index in [1.807, 2.05) is 13.0 Å². The van der Waals surface area contributed by atoms with Crippen molar-refractivity contribution in [3.05, 3.63) is 0 Å². The van der Waals surface area contributed by atoms with Crippen molar-refractivity contribution < 1.29 is 9.53 Å². The van der Waals surface area contributed by atoms with Gasteiger partial charge in [-0.2, -0.15) is 5.26 Å². The first-order chi connectivity index (χ1) is 6.77. The predicted molar refractivity (Wildman–Crippen MR) is 52.4 cm³/mol. The molecule has 0 bridgehead atoms. The molecule has 0 radical (unpaired) electrons. The molecule has 1 aliphatic rings. The normalized spacial score (nSPS) is 19.7. The Hall–Kier alpha value is -1.04. The maximum atomic E-state index is 11.4. The Balaban J connectivity index is 2.35. The second-order valence-corrected chi connectivity index (χ2v) is 3.79. The van der Waals surface area contributed by atoms with Crippen LogP contribution in [0.4, 0.5) is 0 Å². The first-order valence-corrected chi connectivity index (χ1v) is 5.38. The van der Waals surface area contributed by atoms with Gasteiger partial charge in [0.1, 0.15) is 12.0 Å². The molecule has 1 saturated carbocycles. The summed E-state index contributed by atoms with van der Waals surface area (Å²) in [6.45, 7) is 1.83. The van der Waals surface area contributed by atoms with Gasteiger partial charge in [0.05, 0.1) is 6.07 Å². The van der Waals surface area contributed by atoms with Crippen molar-refractivity contribution in [3.63, 3.8) is 0 Å². The summed E-state index contributed by atoms with van der Waals surface area (Å²) in [5.41, 5.74) is 0. The molecule has 0 aromatic rings. The molecule has 1 fully saturated rings. The molecule has 78 valence electrons. The molecule has 1 rings (SSSR count). The average Bonchev–Trinajstić information content (AvgIpc) is 2.21.